The average molecular weight is 270 g/mol. The van der Waals surface area contributed by atoms with Crippen molar-refractivity contribution in [3.05, 3.63) is 54.1 Å². The van der Waals surface area contributed by atoms with Crippen molar-refractivity contribution in [3.63, 3.8) is 0 Å². The summed E-state index contributed by atoms with van der Waals surface area (Å²) in [5.74, 6) is 0.768. The Hall–Kier alpha value is -2.16. The van der Waals surface area contributed by atoms with Crippen molar-refractivity contribution >= 4 is 11.4 Å². The van der Waals surface area contributed by atoms with Gasteiger partial charge in [0, 0.05) is 25.8 Å². The minimum Gasteiger partial charge on any atom is -0.491 e. The molecule has 0 aromatic heterocycles. The molecule has 0 amide bonds. The largest absolute Gasteiger partial charge is 0.491 e. The molecule has 0 unspecified atom stereocenters. The van der Waals surface area contributed by atoms with Crippen LogP contribution in [0.15, 0.2) is 48.5 Å². The standard InChI is InChI=1S/C17H22N2O/c1-19(2)15-10-11-16(18)17(13-15)20-12-6-9-14-7-4-3-5-8-14/h3-5,7-8,10-11,13H,6,9,12,18H2,1-2H3. The van der Waals surface area contributed by atoms with Gasteiger partial charge in [-0.25, -0.2) is 0 Å². The lowest BCUT2D eigenvalue weighted by Gasteiger charge is -2.15. The van der Waals surface area contributed by atoms with Crippen molar-refractivity contribution in [1.82, 2.24) is 0 Å². The van der Waals surface area contributed by atoms with Crippen molar-refractivity contribution in [2.24, 2.45) is 0 Å². The van der Waals surface area contributed by atoms with Crippen molar-refractivity contribution < 1.29 is 4.74 Å². The summed E-state index contributed by atoms with van der Waals surface area (Å²) < 4.78 is 5.80. The van der Waals surface area contributed by atoms with Crippen LogP contribution in [0.5, 0.6) is 5.75 Å². The van der Waals surface area contributed by atoms with Crippen LogP contribution in [0, 0.1) is 0 Å². The van der Waals surface area contributed by atoms with Crippen LogP contribution >= 0.6 is 0 Å². The fourth-order valence-corrected chi connectivity index (χ4v) is 2.03. The van der Waals surface area contributed by atoms with Crippen LogP contribution in [-0.2, 0) is 6.42 Å². The van der Waals surface area contributed by atoms with Crippen LogP contribution in [0.25, 0.3) is 0 Å². The molecule has 0 fully saturated rings. The van der Waals surface area contributed by atoms with E-state index in [1.54, 1.807) is 0 Å². The Bertz CT molecular complexity index is 538. The summed E-state index contributed by atoms with van der Waals surface area (Å²) in [5, 5.41) is 0. The Morgan fingerprint density at radius 3 is 2.50 bits per heavy atom. The van der Waals surface area contributed by atoms with Gasteiger partial charge in [0.15, 0.2) is 0 Å². The minimum atomic E-state index is 0.677. The molecule has 0 radical (unpaired) electrons. The van der Waals surface area contributed by atoms with Crippen molar-refractivity contribution in [2.75, 3.05) is 31.3 Å². The van der Waals surface area contributed by atoms with E-state index < -0.39 is 0 Å². The van der Waals surface area contributed by atoms with E-state index in [0.29, 0.717) is 12.3 Å². The van der Waals surface area contributed by atoms with E-state index in [2.05, 4.69) is 24.3 Å². The molecule has 0 saturated carbocycles. The third kappa shape index (κ3) is 3.92. The summed E-state index contributed by atoms with van der Waals surface area (Å²) in [5.41, 5.74) is 9.06. The van der Waals surface area contributed by atoms with Crippen molar-refractivity contribution in [3.8, 4) is 5.75 Å². The van der Waals surface area contributed by atoms with Crippen molar-refractivity contribution in [2.45, 2.75) is 12.8 Å². The molecule has 0 aliphatic rings. The van der Waals surface area contributed by atoms with E-state index in [0.717, 1.165) is 24.3 Å². The molecular formula is C17H22N2O. The van der Waals surface area contributed by atoms with Gasteiger partial charge < -0.3 is 15.4 Å². The normalized spacial score (nSPS) is 10.3. The van der Waals surface area contributed by atoms with Gasteiger partial charge in [-0.2, -0.15) is 0 Å². The SMILES string of the molecule is CN(C)c1ccc(N)c(OCCCc2ccccc2)c1. The Kier molecular flexibility index (Phi) is 4.88. The predicted molar refractivity (Wildman–Crippen MR) is 85.4 cm³/mol. The summed E-state index contributed by atoms with van der Waals surface area (Å²) in [6.07, 6.45) is 2.00. The first-order valence-corrected chi connectivity index (χ1v) is 6.90. The van der Waals surface area contributed by atoms with Crippen LogP contribution in [0.2, 0.25) is 0 Å². The lowest BCUT2D eigenvalue weighted by atomic mass is 10.1. The third-order valence-electron chi connectivity index (χ3n) is 3.22. The van der Waals surface area contributed by atoms with Gasteiger partial charge in [-0.1, -0.05) is 30.3 Å². The monoisotopic (exact) mass is 270 g/mol. The van der Waals surface area contributed by atoms with E-state index in [9.17, 15) is 0 Å². The number of anilines is 2. The molecule has 3 nitrogen and oxygen atoms in total. The van der Waals surface area contributed by atoms with Gasteiger partial charge in [-0.05, 0) is 30.5 Å². The highest BCUT2D eigenvalue weighted by Gasteiger charge is 2.04. The number of benzene rings is 2. The van der Waals surface area contributed by atoms with Crippen LogP contribution in [0.4, 0.5) is 11.4 Å². The molecule has 3 heteroatoms. The van der Waals surface area contributed by atoms with Gasteiger partial charge in [0.2, 0.25) is 0 Å². The van der Waals surface area contributed by atoms with Crippen molar-refractivity contribution in [1.29, 1.82) is 0 Å². The molecule has 0 heterocycles. The zero-order valence-electron chi connectivity index (χ0n) is 12.2. The maximum atomic E-state index is 5.94. The van der Waals surface area contributed by atoms with Gasteiger partial charge in [0.1, 0.15) is 5.75 Å². The minimum absolute atomic E-state index is 0.677. The number of nitrogens with two attached hydrogens (primary N) is 1. The van der Waals surface area contributed by atoms with E-state index >= 15 is 0 Å². The maximum absolute atomic E-state index is 5.94. The number of aryl methyl sites for hydroxylation is 1. The van der Waals surface area contributed by atoms with Gasteiger partial charge in [0.25, 0.3) is 0 Å². The number of hydrogen-bond donors (Lipinski definition) is 1. The number of ether oxygens (including phenoxy) is 1. The molecule has 0 bridgehead atoms. The van der Waals surface area contributed by atoms with Gasteiger partial charge in [-0.3, -0.25) is 0 Å². The maximum Gasteiger partial charge on any atom is 0.144 e. The van der Waals surface area contributed by atoms with Crippen LogP contribution in [0.1, 0.15) is 12.0 Å². The second kappa shape index (κ2) is 6.85. The van der Waals surface area contributed by atoms with E-state index in [4.69, 9.17) is 10.5 Å². The molecule has 0 aliphatic heterocycles. The van der Waals surface area contributed by atoms with Gasteiger partial charge >= 0.3 is 0 Å². The summed E-state index contributed by atoms with van der Waals surface area (Å²) in [6.45, 7) is 0.677. The Morgan fingerprint density at radius 1 is 1.05 bits per heavy atom. The molecule has 0 atom stereocenters. The van der Waals surface area contributed by atoms with E-state index in [1.165, 1.54) is 5.56 Å². The second-order valence-corrected chi connectivity index (χ2v) is 5.05. The Morgan fingerprint density at radius 2 is 1.80 bits per heavy atom. The molecule has 0 aliphatic carbocycles. The van der Waals surface area contributed by atoms with Crippen LogP contribution < -0.4 is 15.4 Å². The lowest BCUT2D eigenvalue weighted by Crippen LogP contribution is -2.09. The number of nitrogen functional groups attached to an aromatic ring is 1. The summed E-state index contributed by atoms with van der Waals surface area (Å²) in [7, 11) is 4.01. The average Bonchev–Trinajstić information content (AvgIpc) is 2.46. The molecule has 2 aromatic carbocycles. The number of hydrogen-bond acceptors (Lipinski definition) is 3. The number of rotatable bonds is 6. The zero-order valence-corrected chi connectivity index (χ0v) is 12.2. The highest BCUT2D eigenvalue weighted by Crippen LogP contribution is 2.26. The summed E-state index contributed by atoms with van der Waals surface area (Å²) >= 11 is 0. The molecule has 2 N–H and O–H groups in total. The van der Waals surface area contributed by atoms with E-state index in [-0.39, 0.29) is 0 Å². The van der Waals surface area contributed by atoms with Crippen LogP contribution in [0.3, 0.4) is 0 Å². The van der Waals surface area contributed by atoms with Gasteiger partial charge in [0.05, 0.1) is 12.3 Å². The highest BCUT2D eigenvalue weighted by molar-refractivity contribution is 5.61. The molecule has 106 valence electrons. The molecule has 0 spiro atoms. The topological polar surface area (TPSA) is 38.5 Å². The van der Waals surface area contributed by atoms with E-state index in [1.807, 2.05) is 43.3 Å². The van der Waals surface area contributed by atoms with Gasteiger partial charge in [-0.15, -0.1) is 0 Å². The Labute approximate surface area is 121 Å². The molecule has 2 rings (SSSR count). The molecule has 20 heavy (non-hydrogen) atoms. The molecule has 0 saturated heterocycles. The number of nitrogens with zero attached hydrogens (tertiary/aromatic N) is 1. The fourth-order valence-electron chi connectivity index (χ4n) is 2.03. The highest BCUT2D eigenvalue weighted by atomic mass is 16.5. The zero-order chi connectivity index (χ0) is 14.4. The fraction of sp³-hybridized carbons (Fsp3) is 0.294. The molecular weight excluding hydrogens is 248 g/mol. The first-order valence-electron chi connectivity index (χ1n) is 6.90. The predicted octanol–water partition coefficient (Wildman–Crippen LogP) is 3.35. The third-order valence-corrected chi connectivity index (χ3v) is 3.22. The first-order chi connectivity index (χ1) is 9.66. The lowest BCUT2D eigenvalue weighted by molar-refractivity contribution is 0.313. The summed E-state index contributed by atoms with van der Waals surface area (Å²) in [6, 6.07) is 16.3. The quantitative estimate of drug-likeness (QED) is 0.646. The first kappa shape index (κ1) is 14.3. The second-order valence-electron chi connectivity index (χ2n) is 5.05. The summed E-state index contributed by atoms with van der Waals surface area (Å²) in [4.78, 5) is 2.04. The van der Waals surface area contributed by atoms with Crippen LogP contribution in [-0.4, -0.2) is 20.7 Å². The molecule has 2 aromatic rings. The smallest absolute Gasteiger partial charge is 0.144 e. The Balaban J connectivity index is 1.86.